The molecule has 0 fully saturated rings. The minimum absolute atomic E-state index is 0. The molecule has 0 atom stereocenters. The van der Waals surface area contributed by atoms with Crippen LogP contribution in [0, 0.1) is 31.3 Å². The second-order valence-corrected chi connectivity index (χ2v) is 27.8. The first-order chi connectivity index (χ1) is 28.0. The molecule has 4 heterocycles. The van der Waals surface area contributed by atoms with Crippen molar-refractivity contribution in [1.29, 1.82) is 0 Å². The second-order valence-electron chi connectivity index (χ2n) is 17.3. The minimum atomic E-state index is -2.36. The van der Waals surface area contributed by atoms with Gasteiger partial charge in [0, 0.05) is 36.9 Å². The molecule has 0 saturated heterocycles. The van der Waals surface area contributed by atoms with Crippen LogP contribution in [0.4, 0.5) is 0 Å². The van der Waals surface area contributed by atoms with Gasteiger partial charge < -0.3 is 8.98 Å². The van der Waals surface area contributed by atoms with Crippen molar-refractivity contribution in [3.05, 3.63) is 138 Å². The van der Waals surface area contributed by atoms with Crippen molar-refractivity contribution in [2.75, 3.05) is 0 Å². The fourth-order valence-corrected chi connectivity index (χ4v) is 9.84. The number of aryl methyl sites for hydroxylation is 2. The van der Waals surface area contributed by atoms with Gasteiger partial charge in [0.2, 0.25) is 5.71 Å². The predicted molar refractivity (Wildman–Crippen MR) is 233 cm³/mol. The summed E-state index contributed by atoms with van der Waals surface area (Å²) in [5, 5.41) is 2.03. The topological polar surface area (TPSA) is 56.7 Å². The van der Waals surface area contributed by atoms with Gasteiger partial charge in [0.1, 0.15) is 0 Å². The van der Waals surface area contributed by atoms with Crippen molar-refractivity contribution in [2.45, 2.75) is 84.4 Å². The van der Waals surface area contributed by atoms with Gasteiger partial charge in [-0.3, -0.25) is 4.98 Å². The van der Waals surface area contributed by atoms with Gasteiger partial charge in [-0.1, -0.05) is 62.1 Å². The van der Waals surface area contributed by atoms with Crippen molar-refractivity contribution in [3.8, 4) is 28.3 Å². The van der Waals surface area contributed by atoms with Gasteiger partial charge in [-0.15, -0.1) is 18.2 Å². The molecule has 0 unspecified atom stereocenters. The summed E-state index contributed by atoms with van der Waals surface area (Å²) >= 11 is -2.36. The molecular weight excluding hydrogens is 925 g/mol. The average Bonchev–Trinajstić information content (AvgIpc) is 3.75. The third kappa shape index (κ3) is 8.63. The number of nitrogens with zero attached hydrogens (tertiary/aromatic N) is 4. The number of pyridine rings is 2. The van der Waals surface area contributed by atoms with E-state index in [1.165, 1.54) is 11.6 Å². The quantitative estimate of drug-likeness (QED) is 0.127. The Labute approximate surface area is 355 Å². The van der Waals surface area contributed by atoms with Crippen LogP contribution < -0.4 is 4.40 Å². The van der Waals surface area contributed by atoms with E-state index in [2.05, 4.69) is 113 Å². The maximum absolute atomic E-state index is 8.80. The largest absolute Gasteiger partial charge is 0 e. The number of benzene rings is 4. The number of imidazole rings is 1. The van der Waals surface area contributed by atoms with Crippen LogP contribution in [0.15, 0.2) is 108 Å². The van der Waals surface area contributed by atoms with Gasteiger partial charge in [-0.25, -0.2) is 4.98 Å². The Bertz CT molecular complexity index is 2860. The molecule has 4 aromatic carbocycles. The summed E-state index contributed by atoms with van der Waals surface area (Å²) in [5.41, 5.74) is 9.14. The molecule has 0 aliphatic rings. The van der Waals surface area contributed by atoms with Crippen LogP contribution in [-0.2, 0) is 31.9 Å². The monoisotopic (exact) mass is 984 g/mol. The van der Waals surface area contributed by atoms with E-state index < -0.39 is 31.9 Å². The number of fused-ring (bicyclic) bond motifs is 4. The van der Waals surface area contributed by atoms with Gasteiger partial charge in [0.15, 0.2) is 0 Å². The second kappa shape index (κ2) is 15.9. The smallest absolute Gasteiger partial charge is 0 e. The van der Waals surface area contributed by atoms with Gasteiger partial charge >= 0.3 is 145 Å². The summed E-state index contributed by atoms with van der Waals surface area (Å²) in [6, 6.07) is 37.9. The SMILES string of the molecule is Cc1ccc2c(n1)oc1c(-c3nc4ccccc4n3-c3ccccc3C(C)(C)C)[c-]ccc12.[2H]C([2H])([2H])c1c[c-]c(-c2cc(C([2H])([2H])C(C)(C)C)[c]([Ge]([CH3])([CH3])[CH3])cn2)cc1.[Ir]. The number of rotatable bonds is 5. The summed E-state index contributed by atoms with van der Waals surface area (Å²) in [4.78, 5) is 14.3. The van der Waals surface area contributed by atoms with Crippen molar-refractivity contribution in [1.82, 2.24) is 19.5 Å². The fourth-order valence-electron chi connectivity index (χ4n) is 6.91. The standard InChI is InChI=1S/C29H24N3O.C20H28GeN.Ir/c1-18-16-17-20-19-10-9-11-21(26(19)33-28(20)30-18)27-31-23-13-6-8-15-25(23)32(27)24-14-7-5-12-22(24)29(2,3)4;1-15-8-10-16(11-9-15)19-12-17(13-20(2,3)4)18(14-22-19)21(5,6)7;/h5-10,12-17H,1-4H3;8-10,12,14H,13H2,1-7H3;/q2*-1;/i;1D3,13D2;. The van der Waals surface area contributed by atoms with Crippen LogP contribution in [-0.4, -0.2) is 32.8 Å². The maximum atomic E-state index is 8.80. The predicted octanol–water partition coefficient (Wildman–Crippen LogP) is 12.4. The van der Waals surface area contributed by atoms with Crippen LogP contribution in [0.1, 0.15) is 70.8 Å². The third-order valence-electron chi connectivity index (χ3n) is 9.49. The zero-order valence-electron chi connectivity index (χ0n) is 38.8. The molecule has 0 saturated carbocycles. The number of hydrogen-bond acceptors (Lipinski definition) is 4. The molecule has 0 bridgehead atoms. The zero-order valence-corrected chi connectivity index (χ0v) is 38.3. The van der Waals surface area contributed by atoms with Crippen LogP contribution in [0.2, 0.25) is 17.3 Å². The molecule has 4 aromatic heterocycles. The van der Waals surface area contributed by atoms with E-state index in [0.717, 1.165) is 54.6 Å². The summed E-state index contributed by atoms with van der Waals surface area (Å²) in [6.45, 7) is 12.3. The number of aromatic nitrogens is 4. The van der Waals surface area contributed by atoms with Crippen molar-refractivity contribution < 1.29 is 31.4 Å². The van der Waals surface area contributed by atoms with E-state index in [1.807, 2.05) is 64.2 Å². The first-order valence-electron chi connectivity index (χ1n) is 21.3. The van der Waals surface area contributed by atoms with Gasteiger partial charge in [-0.05, 0) is 48.2 Å². The van der Waals surface area contributed by atoms with E-state index in [-0.39, 0.29) is 31.1 Å². The third-order valence-corrected chi connectivity index (χ3v) is 13.7. The van der Waals surface area contributed by atoms with Crippen LogP contribution in [0.25, 0.3) is 61.4 Å². The molecule has 56 heavy (non-hydrogen) atoms. The van der Waals surface area contributed by atoms with Crippen molar-refractivity contribution >= 4 is 50.8 Å². The number of para-hydroxylation sites is 3. The summed E-state index contributed by atoms with van der Waals surface area (Å²) in [7, 11) is 0. The van der Waals surface area contributed by atoms with Gasteiger partial charge in [0.25, 0.3) is 0 Å². The number of furan rings is 1. The maximum Gasteiger partial charge on any atom is 0 e. The first-order valence-corrected chi connectivity index (χ1v) is 26.1. The van der Waals surface area contributed by atoms with E-state index >= 15 is 0 Å². The molecule has 0 aliphatic carbocycles. The molecule has 0 aliphatic heterocycles. The molecular formula is C49H52GeIrN4O-2. The Hall–Kier alpha value is -4.36. The Morgan fingerprint density at radius 1 is 0.857 bits per heavy atom. The average molecular weight is 983 g/mol. The van der Waals surface area contributed by atoms with Crippen molar-refractivity contribution in [2.24, 2.45) is 5.41 Å². The molecule has 0 amide bonds. The Morgan fingerprint density at radius 2 is 1.61 bits per heavy atom. The molecule has 0 N–H and O–H groups in total. The molecule has 5 nitrogen and oxygen atoms in total. The number of hydrogen-bond donors (Lipinski definition) is 0. The summed E-state index contributed by atoms with van der Waals surface area (Å²) in [6.07, 6.45) is 0.303. The molecule has 289 valence electrons. The van der Waals surface area contributed by atoms with E-state index in [0.29, 0.717) is 22.5 Å². The normalized spacial score (nSPS) is 13.9. The van der Waals surface area contributed by atoms with Crippen LogP contribution in [0.5, 0.6) is 0 Å². The van der Waals surface area contributed by atoms with Crippen LogP contribution in [0.3, 0.4) is 0 Å². The zero-order chi connectivity index (χ0) is 43.6. The van der Waals surface area contributed by atoms with Gasteiger partial charge in [0.05, 0.1) is 22.4 Å². The van der Waals surface area contributed by atoms with Crippen molar-refractivity contribution in [3.63, 3.8) is 0 Å². The molecule has 8 rings (SSSR count). The molecule has 1 radical (unpaired) electrons. The molecule has 8 aromatic rings. The van der Waals surface area contributed by atoms with Gasteiger partial charge in [-0.2, -0.15) is 0 Å². The Morgan fingerprint density at radius 3 is 2.30 bits per heavy atom. The Kier molecular flexibility index (Phi) is 9.89. The van der Waals surface area contributed by atoms with E-state index in [1.54, 1.807) is 12.1 Å². The molecule has 0 spiro atoms. The Balaban J connectivity index is 0.000000206. The first kappa shape index (κ1) is 34.9. The van der Waals surface area contributed by atoms with E-state index in [4.69, 9.17) is 16.3 Å². The van der Waals surface area contributed by atoms with E-state index in [9.17, 15) is 0 Å². The summed E-state index contributed by atoms with van der Waals surface area (Å²) in [5.74, 6) is 7.51. The molecule has 7 heteroatoms. The van der Waals surface area contributed by atoms with Crippen LogP contribution >= 0.6 is 0 Å². The minimum Gasteiger partial charge on any atom is 0 e. The summed E-state index contributed by atoms with van der Waals surface area (Å²) < 4.78 is 49.7. The fraction of sp³-hybridized carbons (Fsp3) is 0.286.